The minimum Gasteiger partial charge on any atom is -0.476 e. The van der Waals surface area contributed by atoms with Crippen LogP contribution in [-0.2, 0) is 17.6 Å². The molecule has 5 heterocycles. The van der Waals surface area contributed by atoms with Crippen molar-refractivity contribution in [2.45, 2.75) is 119 Å². The number of fused-ring (bicyclic) bond motifs is 3. The summed E-state index contributed by atoms with van der Waals surface area (Å²) in [6, 6.07) is 15.9. The van der Waals surface area contributed by atoms with Crippen LogP contribution in [0.25, 0.3) is 50.0 Å². The number of aliphatic carboxylic acids is 1. The van der Waals surface area contributed by atoms with Crippen molar-refractivity contribution < 1.29 is 9.90 Å². The van der Waals surface area contributed by atoms with Gasteiger partial charge in [-0.2, -0.15) is 0 Å². The average molecular weight is 947 g/mol. The zero-order chi connectivity index (χ0) is 45.8. The number of aryl methyl sites for hydroxylation is 4. The summed E-state index contributed by atoms with van der Waals surface area (Å²) in [5.41, 5.74) is 9.75. The molecule has 5 nitrogen and oxygen atoms in total. The highest BCUT2D eigenvalue weighted by Gasteiger charge is 2.21. The summed E-state index contributed by atoms with van der Waals surface area (Å²) in [5.74, 6) is -1.31. The largest absolute Gasteiger partial charge is 0.476 e. The van der Waals surface area contributed by atoms with Crippen molar-refractivity contribution >= 4 is 98.8 Å². The lowest BCUT2D eigenvalue weighted by Gasteiger charge is -2.28. The SMILES string of the molecule is C=C(C/C=C\C(=C/C)c1sc(-c2sc(-c3cc4sc5cc(/C=C(\N=O)C(=O)O)sc5c4s3)cc2CCCCCC)cc1CCCCCC)N(C/C(C)=C\C=C/C)c1ccc(C)cc1C. The van der Waals surface area contributed by atoms with Gasteiger partial charge in [-0.25, -0.2) is 4.79 Å². The Labute approximate surface area is 400 Å². The van der Waals surface area contributed by atoms with E-state index in [-0.39, 0.29) is 0 Å². The number of anilines is 1. The Balaban J connectivity index is 1.33. The molecule has 0 saturated carbocycles. The number of rotatable bonds is 24. The molecular weight excluding hydrogens is 885 g/mol. The molecule has 0 radical (unpaired) electrons. The molecule has 10 heteroatoms. The Hall–Kier alpha value is -4.45. The summed E-state index contributed by atoms with van der Waals surface area (Å²) in [7, 11) is 0. The third kappa shape index (κ3) is 12.3. The van der Waals surface area contributed by atoms with Crippen LogP contribution >= 0.6 is 56.7 Å². The van der Waals surface area contributed by atoms with Crippen molar-refractivity contribution in [3.8, 4) is 19.5 Å². The van der Waals surface area contributed by atoms with Crippen molar-refractivity contribution in [2.75, 3.05) is 11.4 Å². The van der Waals surface area contributed by atoms with Gasteiger partial charge in [0, 0.05) is 63.0 Å². The molecule has 64 heavy (non-hydrogen) atoms. The van der Waals surface area contributed by atoms with Crippen molar-refractivity contribution in [1.29, 1.82) is 0 Å². The highest BCUT2D eigenvalue weighted by Crippen LogP contribution is 2.50. The van der Waals surface area contributed by atoms with E-state index in [2.05, 4.69) is 138 Å². The molecule has 0 spiro atoms. The molecule has 5 aromatic heterocycles. The summed E-state index contributed by atoms with van der Waals surface area (Å²) in [4.78, 5) is 32.4. The average Bonchev–Trinajstić information content (AvgIpc) is 4.11. The predicted molar refractivity (Wildman–Crippen MR) is 287 cm³/mol. The number of benzene rings is 1. The van der Waals surface area contributed by atoms with Gasteiger partial charge in [0.2, 0.25) is 0 Å². The number of hydrogen-bond donors (Lipinski definition) is 1. The minimum atomic E-state index is -1.31. The van der Waals surface area contributed by atoms with Crippen LogP contribution in [0, 0.1) is 18.8 Å². The Bertz CT molecular complexity index is 2740. The number of thiophene rings is 5. The number of hydrogen-bond acceptors (Lipinski definition) is 9. The lowest BCUT2D eigenvalue weighted by atomic mass is 10.0. The molecule has 0 aliphatic carbocycles. The summed E-state index contributed by atoms with van der Waals surface area (Å²) >= 11 is 8.93. The van der Waals surface area contributed by atoms with Crippen molar-refractivity contribution in [3.63, 3.8) is 0 Å². The van der Waals surface area contributed by atoms with E-state index < -0.39 is 11.7 Å². The summed E-state index contributed by atoms with van der Waals surface area (Å²) in [6.07, 6.45) is 27.3. The van der Waals surface area contributed by atoms with Gasteiger partial charge in [-0.3, -0.25) is 0 Å². The van der Waals surface area contributed by atoms with Crippen LogP contribution in [-0.4, -0.2) is 17.6 Å². The molecule has 1 N–H and O–H groups in total. The number of nitrogens with zero attached hydrogens (tertiary/aromatic N) is 2. The number of carbonyl (C=O) groups is 1. The Kier molecular flexibility index (Phi) is 18.1. The number of nitroso groups, excluding NO2 is 1. The van der Waals surface area contributed by atoms with E-state index in [0.29, 0.717) is 0 Å². The van der Waals surface area contributed by atoms with Crippen LogP contribution in [0.1, 0.15) is 124 Å². The molecule has 0 atom stereocenters. The monoisotopic (exact) mass is 946 g/mol. The van der Waals surface area contributed by atoms with Gasteiger partial charge in [-0.1, -0.05) is 119 Å². The molecule has 0 amide bonds. The van der Waals surface area contributed by atoms with Gasteiger partial charge in [0.05, 0.1) is 9.40 Å². The van der Waals surface area contributed by atoms with Gasteiger partial charge in [0.1, 0.15) is 0 Å². The topological polar surface area (TPSA) is 70.0 Å². The number of allylic oxidation sites excluding steroid dienone is 7. The Morgan fingerprint density at radius 1 is 0.812 bits per heavy atom. The normalized spacial score (nSPS) is 12.8. The highest BCUT2D eigenvalue weighted by molar-refractivity contribution is 7.40. The van der Waals surface area contributed by atoms with E-state index >= 15 is 0 Å². The van der Waals surface area contributed by atoms with Crippen LogP contribution in [0.4, 0.5) is 5.69 Å². The second kappa shape index (κ2) is 23.7. The highest BCUT2D eigenvalue weighted by atomic mass is 32.1. The van der Waals surface area contributed by atoms with Gasteiger partial charge in [-0.05, 0) is 124 Å². The maximum atomic E-state index is 11.5. The van der Waals surface area contributed by atoms with Gasteiger partial charge < -0.3 is 10.0 Å². The molecule has 0 fully saturated rings. The van der Waals surface area contributed by atoms with Crippen molar-refractivity contribution in [1.82, 2.24) is 0 Å². The minimum absolute atomic E-state index is 0.478. The second-order valence-electron chi connectivity index (χ2n) is 16.6. The first kappa shape index (κ1) is 49.0. The van der Waals surface area contributed by atoms with E-state index in [0.717, 1.165) is 45.8 Å². The number of unbranched alkanes of at least 4 members (excludes halogenated alkanes) is 6. The van der Waals surface area contributed by atoms with Crippen LogP contribution in [0.15, 0.2) is 108 Å². The van der Waals surface area contributed by atoms with Gasteiger partial charge in [0.25, 0.3) is 0 Å². The quantitative estimate of drug-likeness (QED) is 0.0284. The molecule has 0 aliphatic rings. The van der Waals surface area contributed by atoms with E-state index in [4.69, 9.17) is 0 Å². The zero-order valence-corrected chi connectivity index (χ0v) is 42.6. The fourth-order valence-electron chi connectivity index (χ4n) is 7.98. The van der Waals surface area contributed by atoms with Gasteiger partial charge >= 0.3 is 5.97 Å². The Morgan fingerprint density at radius 2 is 1.50 bits per heavy atom. The lowest BCUT2D eigenvalue weighted by Crippen LogP contribution is -2.24. The van der Waals surface area contributed by atoms with Crippen molar-refractivity contribution in [3.05, 3.63) is 139 Å². The standard InChI is InChI=1S/C54H62N2O3S5/c1-9-13-16-18-23-40-30-47(64-50(40)39(12-4)25-20-22-38(8)56(34-36(6)21-15-11-3)44-27-26-35(5)28-37(44)7)51-41(24-19-17-14-10-2)29-45(62-51)46-33-49-53(63-46)52-48(61-49)32-42(60-52)31-43(55-59)54(57)58/h11-12,15,20-21,25-33H,8-10,13-14,16-19,22-24,34H2,1-7H3,(H,57,58)/b15-11-,25-20-,36-21-,39-12+,43-31-. The van der Waals surface area contributed by atoms with Gasteiger partial charge in [0.15, 0.2) is 5.70 Å². The van der Waals surface area contributed by atoms with E-state index in [1.165, 1.54) is 142 Å². The first-order valence-corrected chi connectivity index (χ1v) is 26.7. The van der Waals surface area contributed by atoms with Gasteiger partial charge in [-0.15, -0.1) is 61.6 Å². The number of carboxylic acids is 1. The molecule has 0 saturated heterocycles. The predicted octanol–water partition coefficient (Wildman–Crippen LogP) is 18.6. The maximum Gasteiger partial charge on any atom is 0.358 e. The molecule has 1 aromatic carbocycles. The maximum absolute atomic E-state index is 11.5. The number of carboxylic acid groups (broad SMARTS) is 1. The molecule has 0 unspecified atom stereocenters. The van der Waals surface area contributed by atoms with E-state index in [1.54, 1.807) is 11.3 Å². The summed E-state index contributed by atoms with van der Waals surface area (Å²) in [5, 5.41) is 12.1. The first-order chi connectivity index (χ1) is 31.0. The molecule has 0 bridgehead atoms. The Morgan fingerprint density at radius 3 is 2.17 bits per heavy atom. The van der Waals surface area contributed by atoms with E-state index in [9.17, 15) is 14.8 Å². The molecule has 6 aromatic rings. The van der Waals surface area contributed by atoms with Crippen LogP contribution in [0.2, 0.25) is 0 Å². The molecule has 6 rings (SSSR count). The third-order valence-corrected chi connectivity index (χ3v) is 17.9. The fraction of sp³-hybridized carbons (Fsp3) is 0.352. The molecule has 0 aliphatic heterocycles. The summed E-state index contributed by atoms with van der Waals surface area (Å²) in [6.45, 7) is 20.7. The van der Waals surface area contributed by atoms with E-state index in [1.807, 2.05) is 40.1 Å². The van der Waals surface area contributed by atoms with Crippen LogP contribution in [0.3, 0.4) is 0 Å². The first-order valence-electron chi connectivity index (χ1n) is 22.6. The lowest BCUT2D eigenvalue weighted by molar-refractivity contribution is -0.132. The van der Waals surface area contributed by atoms with Crippen molar-refractivity contribution in [2.24, 2.45) is 5.18 Å². The molecular formula is C54H62N2O3S5. The second-order valence-corrected chi connectivity index (χ2v) is 21.9. The van der Waals surface area contributed by atoms with Crippen LogP contribution in [0.5, 0.6) is 0 Å². The zero-order valence-electron chi connectivity index (χ0n) is 38.5. The summed E-state index contributed by atoms with van der Waals surface area (Å²) < 4.78 is 4.69. The van der Waals surface area contributed by atoms with Crippen LogP contribution < -0.4 is 4.90 Å². The fourth-order valence-corrected chi connectivity index (χ4v) is 14.6. The molecule has 336 valence electrons. The third-order valence-electron chi connectivity index (χ3n) is 11.4. The smallest absolute Gasteiger partial charge is 0.358 e.